The Balaban J connectivity index is -0.000000328. The standard InChI is InChI=1S/2C18H34O2.K.H/c2*1-2-3-4-5-6-7-8-9-10-11-12-13-14-15-16-17-18(19)20;;/h2*9-10H,2-8,11-17H2,1H3,(H,19,20);;/q;;+1;-1/b2*10-9-;;. The van der Waals surface area contributed by atoms with Gasteiger partial charge >= 0.3 is 63.3 Å². The molecule has 0 fully saturated rings. The van der Waals surface area contributed by atoms with E-state index >= 15 is 0 Å². The first kappa shape index (κ1) is 45.5. The number of hydrogen-bond donors (Lipinski definition) is 2. The fourth-order valence-electron chi connectivity index (χ4n) is 4.69. The van der Waals surface area contributed by atoms with Crippen molar-refractivity contribution in [2.75, 3.05) is 0 Å². The SMILES string of the molecule is CCCCCCCC/C=C\CCCCCCCC(=O)O.CCCCCCCC/C=C\CCCCCCCC(=O)O.[H-].[K+]. The van der Waals surface area contributed by atoms with Crippen molar-refractivity contribution < 1.29 is 72.6 Å². The van der Waals surface area contributed by atoms with Crippen LogP contribution in [-0.2, 0) is 9.59 Å². The van der Waals surface area contributed by atoms with Crippen LogP contribution in [-0.4, -0.2) is 22.2 Å². The maximum Gasteiger partial charge on any atom is 1.00 e. The molecular formula is C36H69KO4. The van der Waals surface area contributed by atoms with Crippen LogP contribution >= 0.6 is 0 Å². The van der Waals surface area contributed by atoms with E-state index in [4.69, 9.17) is 10.2 Å². The number of allylic oxidation sites excluding steroid dienone is 4. The summed E-state index contributed by atoms with van der Waals surface area (Å²) in [5, 5.41) is 17.0. The van der Waals surface area contributed by atoms with Crippen molar-refractivity contribution in [1.82, 2.24) is 0 Å². The van der Waals surface area contributed by atoms with Crippen molar-refractivity contribution >= 4 is 11.9 Å². The van der Waals surface area contributed by atoms with E-state index in [2.05, 4.69) is 38.2 Å². The summed E-state index contributed by atoms with van der Waals surface area (Å²) in [6.45, 7) is 4.52. The molecule has 0 amide bonds. The summed E-state index contributed by atoms with van der Waals surface area (Å²) in [6, 6.07) is 0. The van der Waals surface area contributed by atoms with Gasteiger partial charge in [-0.05, 0) is 64.2 Å². The minimum absolute atomic E-state index is 0. The summed E-state index contributed by atoms with van der Waals surface area (Å²) in [6.07, 6.45) is 42.5. The molecule has 0 rings (SSSR count). The summed E-state index contributed by atoms with van der Waals surface area (Å²) < 4.78 is 0. The molecular weight excluding hydrogens is 535 g/mol. The molecule has 0 aromatic rings. The van der Waals surface area contributed by atoms with Crippen molar-refractivity contribution in [3.8, 4) is 0 Å². The molecule has 0 unspecified atom stereocenters. The Kier molecular flexibility index (Phi) is 46.8. The molecule has 238 valence electrons. The number of carboxylic acid groups (broad SMARTS) is 2. The molecule has 0 saturated carbocycles. The first-order valence-electron chi connectivity index (χ1n) is 17.3. The number of rotatable bonds is 30. The molecule has 0 aliphatic rings. The Hall–Kier alpha value is 0.0564. The Bertz CT molecular complexity index is 531. The number of carbonyl (C=O) groups is 2. The minimum Gasteiger partial charge on any atom is -1.00 e. The van der Waals surface area contributed by atoms with Gasteiger partial charge in [0.25, 0.3) is 0 Å². The van der Waals surface area contributed by atoms with Gasteiger partial charge in [-0.3, -0.25) is 9.59 Å². The monoisotopic (exact) mass is 604 g/mol. The summed E-state index contributed by atoms with van der Waals surface area (Å²) >= 11 is 0. The third-order valence-corrected chi connectivity index (χ3v) is 7.30. The van der Waals surface area contributed by atoms with Crippen LogP contribution in [0.1, 0.15) is 195 Å². The van der Waals surface area contributed by atoms with Crippen LogP contribution in [0.4, 0.5) is 0 Å². The third-order valence-electron chi connectivity index (χ3n) is 7.30. The first-order chi connectivity index (χ1) is 19.5. The topological polar surface area (TPSA) is 74.6 Å². The Morgan fingerprint density at radius 1 is 0.415 bits per heavy atom. The van der Waals surface area contributed by atoms with Crippen LogP contribution in [0.2, 0.25) is 0 Å². The molecule has 0 aromatic carbocycles. The van der Waals surface area contributed by atoms with Gasteiger partial charge in [-0.15, -0.1) is 0 Å². The molecule has 5 heteroatoms. The first-order valence-corrected chi connectivity index (χ1v) is 17.3. The van der Waals surface area contributed by atoms with E-state index in [1.54, 1.807) is 0 Å². The zero-order valence-corrected chi connectivity index (χ0v) is 30.9. The minimum atomic E-state index is -0.664. The fourth-order valence-corrected chi connectivity index (χ4v) is 4.69. The summed E-state index contributed by atoms with van der Waals surface area (Å²) in [5.41, 5.74) is 0. The molecule has 0 atom stereocenters. The second-order valence-corrected chi connectivity index (χ2v) is 11.5. The summed E-state index contributed by atoms with van der Waals surface area (Å²) in [5.74, 6) is -1.33. The molecule has 0 radical (unpaired) electrons. The fraction of sp³-hybridized carbons (Fsp3) is 0.833. The van der Waals surface area contributed by atoms with Gasteiger partial charge in [0.05, 0.1) is 0 Å². The van der Waals surface area contributed by atoms with Gasteiger partial charge in [-0.25, -0.2) is 0 Å². The molecule has 0 aliphatic heterocycles. The van der Waals surface area contributed by atoms with E-state index in [1.807, 2.05) is 0 Å². The maximum atomic E-state index is 10.3. The van der Waals surface area contributed by atoms with Crippen LogP contribution in [0.5, 0.6) is 0 Å². The number of unbranched alkanes of at least 4 members (excludes halogenated alkanes) is 22. The summed E-state index contributed by atoms with van der Waals surface area (Å²) in [7, 11) is 0. The van der Waals surface area contributed by atoms with Crippen molar-refractivity contribution in [2.24, 2.45) is 0 Å². The zero-order chi connectivity index (χ0) is 29.8. The van der Waals surface area contributed by atoms with Gasteiger partial charge in [-0.2, -0.15) is 0 Å². The van der Waals surface area contributed by atoms with Crippen LogP contribution < -0.4 is 51.4 Å². The quantitative estimate of drug-likeness (QED) is 0.0487. The van der Waals surface area contributed by atoms with Crippen molar-refractivity contribution in [2.45, 2.75) is 194 Å². The molecule has 0 bridgehead atoms. The molecule has 41 heavy (non-hydrogen) atoms. The van der Waals surface area contributed by atoms with Gasteiger partial charge in [-0.1, -0.05) is 141 Å². The molecule has 0 aliphatic carbocycles. The van der Waals surface area contributed by atoms with Crippen molar-refractivity contribution in [3.63, 3.8) is 0 Å². The molecule has 2 N–H and O–H groups in total. The van der Waals surface area contributed by atoms with Crippen LogP contribution in [0.3, 0.4) is 0 Å². The normalized spacial score (nSPS) is 11.0. The van der Waals surface area contributed by atoms with E-state index in [0.29, 0.717) is 12.8 Å². The van der Waals surface area contributed by atoms with Gasteiger partial charge in [0.1, 0.15) is 0 Å². The number of hydrogen-bond acceptors (Lipinski definition) is 2. The molecule has 0 spiro atoms. The zero-order valence-electron chi connectivity index (χ0n) is 28.8. The van der Waals surface area contributed by atoms with Crippen LogP contribution in [0.15, 0.2) is 24.3 Å². The van der Waals surface area contributed by atoms with E-state index in [1.165, 1.54) is 141 Å². The average Bonchev–Trinajstić information content (AvgIpc) is 2.93. The number of carboxylic acids is 2. The second kappa shape index (κ2) is 42.2. The Morgan fingerprint density at radius 3 is 0.878 bits per heavy atom. The van der Waals surface area contributed by atoms with Crippen LogP contribution in [0, 0.1) is 0 Å². The predicted octanol–water partition coefficient (Wildman–Crippen LogP) is 9.33. The smallest absolute Gasteiger partial charge is 1.00 e. The van der Waals surface area contributed by atoms with Gasteiger partial charge in [0.2, 0.25) is 0 Å². The van der Waals surface area contributed by atoms with Crippen molar-refractivity contribution in [1.29, 1.82) is 0 Å². The van der Waals surface area contributed by atoms with Gasteiger partial charge in [0.15, 0.2) is 0 Å². The second-order valence-electron chi connectivity index (χ2n) is 11.5. The third kappa shape index (κ3) is 50.0. The Morgan fingerprint density at radius 2 is 0.634 bits per heavy atom. The number of aliphatic carboxylic acids is 2. The van der Waals surface area contributed by atoms with Crippen molar-refractivity contribution in [3.05, 3.63) is 24.3 Å². The van der Waals surface area contributed by atoms with Gasteiger partial charge in [0, 0.05) is 12.8 Å². The van der Waals surface area contributed by atoms with E-state index < -0.39 is 11.9 Å². The van der Waals surface area contributed by atoms with E-state index in [9.17, 15) is 9.59 Å². The maximum absolute atomic E-state index is 10.3. The predicted molar refractivity (Wildman–Crippen MR) is 175 cm³/mol. The van der Waals surface area contributed by atoms with E-state index in [0.717, 1.165) is 25.7 Å². The summed E-state index contributed by atoms with van der Waals surface area (Å²) in [4.78, 5) is 20.6. The van der Waals surface area contributed by atoms with E-state index in [-0.39, 0.29) is 52.8 Å². The van der Waals surface area contributed by atoms with Gasteiger partial charge < -0.3 is 11.6 Å². The molecule has 0 heterocycles. The molecule has 4 nitrogen and oxygen atoms in total. The largest absolute Gasteiger partial charge is 1.00 e. The average molecular weight is 605 g/mol. The molecule has 0 aromatic heterocycles. The Labute approximate surface area is 299 Å². The van der Waals surface area contributed by atoms with Crippen LogP contribution in [0.25, 0.3) is 0 Å². The molecule has 0 saturated heterocycles.